The highest BCUT2D eigenvalue weighted by Crippen LogP contribution is 2.37. The average molecular weight is 523 g/mol. The number of aromatic nitrogens is 2. The number of ether oxygens (including phenoxy) is 4. The Morgan fingerprint density at radius 3 is 2.64 bits per heavy atom. The van der Waals surface area contributed by atoms with E-state index in [1.165, 1.54) is 11.3 Å². The van der Waals surface area contributed by atoms with Crippen LogP contribution in [0.3, 0.4) is 0 Å². The van der Waals surface area contributed by atoms with Crippen molar-refractivity contribution in [3.8, 4) is 23.0 Å². The first kappa shape index (κ1) is 24.0. The van der Waals surface area contributed by atoms with Crippen LogP contribution in [0.5, 0.6) is 23.0 Å². The molecule has 0 amide bonds. The van der Waals surface area contributed by atoms with Crippen molar-refractivity contribution in [2.45, 2.75) is 6.92 Å². The second-order valence-electron chi connectivity index (χ2n) is 7.77. The fourth-order valence-corrected chi connectivity index (χ4v) is 5.09. The maximum atomic E-state index is 13.1. The first-order chi connectivity index (χ1) is 17.6. The van der Waals surface area contributed by atoms with Crippen LogP contribution in [-0.2, 0) is 0 Å². The molecule has 7 nitrogen and oxygen atoms in total. The van der Waals surface area contributed by atoms with E-state index in [4.69, 9.17) is 30.5 Å². The van der Waals surface area contributed by atoms with Crippen molar-refractivity contribution in [3.05, 3.63) is 86.1 Å². The number of fused-ring (bicyclic) bond motifs is 3. The smallest absolute Gasteiger partial charge is 0.274 e. The van der Waals surface area contributed by atoms with Gasteiger partial charge in [-0.05, 0) is 55.0 Å². The van der Waals surface area contributed by atoms with E-state index in [0.717, 1.165) is 22.3 Å². The summed E-state index contributed by atoms with van der Waals surface area (Å²) < 4.78 is 24.8. The van der Waals surface area contributed by atoms with Crippen LogP contribution in [0.4, 0.5) is 0 Å². The van der Waals surface area contributed by atoms with E-state index in [2.05, 4.69) is 4.98 Å². The van der Waals surface area contributed by atoms with Crippen molar-refractivity contribution in [2.75, 3.05) is 26.9 Å². The zero-order valence-corrected chi connectivity index (χ0v) is 21.3. The van der Waals surface area contributed by atoms with E-state index in [1.807, 2.05) is 55.5 Å². The molecular weight excluding hydrogens is 500 g/mol. The molecule has 3 aromatic carbocycles. The van der Waals surface area contributed by atoms with Gasteiger partial charge in [-0.25, -0.2) is 9.38 Å². The van der Waals surface area contributed by atoms with Gasteiger partial charge in [0.15, 0.2) is 16.5 Å². The fraction of sp³-hybridized carbons (Fsp3) is 0.185. The summed E-state index contributed by atoms with van der Waals surface area (Å²) in [5, 5.41) is 0.382. The summed E-state index contributed by atoms with van der Waals surface area (Å²) in [5.74, 6) is 2.33. The summed E-state index contributed by atoms with van der Waals surface area (Å²) in [4.78, 5) is 18.3. The van der Waals surface area contributed by atoms with Crippen LogP contribution in [0.2, 0.25) is 5.02 Å². The van der Waals surface area contributed by atoms with Crippen molar-refractivity contribution in [2.24, 2.45) is 0 Å². The molecule has 0 unspecified atom stereocenters. The molecule has 0 fully saturated rings. The number of benzene rings is 3. The lowest BCUT2D eigenvalue weighted by molar-refractivity contribution is 0.208. The molecular formula is C27H23ClN2O5S. The quantitative estimate of drug-likeness (QED) is 0.254. The summed E-state index contributed by atoms with van der Waals surface area (Å²) in [7, 11) is 1.61. The highest BCUT2D eigenvalue weighted by atomic mass is 35.5. The second-order valence-corrected chi connectivity index (χ2v) is 9.19. The molecule has 0 spiro atoms. The van der Waals surface area contributed by atoms with E-state index in [1.54, 1.807) is 29.7 Å². The van der Waals surface area contributed by atoms with Crippen LogP contribution in [0.25, 0.3) is 22.1 Å². The Balaban J connectivity index is 1.38. The largest absolute Gasteiger partial charge is 0.497 e. The summed E-state index contributed by atoms with van der Waals surface area (Å²) >= 11 is 7.91. The number of hydrogen-bond donors (Lipinski definition) is 0. The number of hydrogen-bond acceptors (Lipinski definition) is 7. The lowest BCUT2D eigenvalue weighted by atomic mass is 10.2. The maximum absolute atomic E-state index is 13.1. The molecule has 9 heteroatoms. The van der Waals surface area contributed by atoms with Crippen LogP contribution in [0.1, 0.15) is 12.5 Å². The predicted octanol–water partition coefficient (Wildman–Crippen LogP) is 4.98. The Morgan fingerprint density at radius 2 is 1.81 bits per heavy atom. The third-order valence-electron chi connectivity index (χ3n) is 5.41. The highest BCUT2D eigenvalue weighted by Gasteiger charge is 2.14. The Hall–Kier alpha value is -3.75. The molecule has 2 aromatic heterocycles. The predicted molar refractivity (Wildman–Crippen MR) is 142 cm³/mol. The topological polar surface area (TPSA) is 71.3 Å². The molecule has 0 saturated carbocycles. The third-order valence-corrected chi connectivity index (χ3v) is 6.66. The molecule has 0 aliphatic rings. The Labute approximate surface area is 216 Å². The van der Waals surface area contributed by atoms with Crippen LogP contribution < -0.4 is 29.0 Å². The highest BCUT2D eigenvalue weighted by molar-refractivity contribution is 7.15. The number of thiazole rings is 1. The Kier molecular flexibility index (Phi) is 6.97. The van der Waals surface area contributed by atoms with Gasteiger partial charge in [-0.15, -0.1) is 0 Å². The van der Waals surface area contributed by atoms with Gasteiger partial charge in [0, 0.05) is 6.07 Å². The summed E-state index contributed by atoms with van der Waals surface area (Å²) in [5.41, 5.74) is 2.20. The molecule has 2 heterocycles. The normalized spacial score (nSPS) is 11.8. The van der Waals surface area contributed by atoms with Crippen molar-refractivity contribution in [1.29, 1.82) is 0 Å². The first-order valence-electron chi connectivity index (χ1n) is 11.3. The molecule has 0 aliphatic carbocycles. The minimum atomic E-state index is -0.118. The summed E-state index contributed by atoms with van der Waals surface area (Å²) in [6.07, 6.45) is 1.79. The van der Waals surface area contributed by atoms with Gasteiger partial charge < -0.3 is 18.9 Å². The van der Waals surface area contributed by atoms with E-state index in [-0.39, 0.29) is 12.2 Å². The molecule has 0 bridgehead atoms. The molecule has 0 saturated heterocycles. The SMILES string of the molecule is CCOc1cc(/C=c2\sc3nc4ccccc4n3c2=O)cc(Cl)c1OCCOc1cccc(OC)c1. The minimum absolute atomic E-state index is 0.118. The van der Waals surface area contributed by atoms with Gasteiger partial charge in [-0.1, -0.05) is 41.1 Å². The third kappa shape index (κ3) is 4.82. The molecule has 36 heavy (non-hydrogen) atoms. The number of para-hydroxylation sites is 2. The van der Waals surface area contributed by atoms with Gasteiger partial charge in [-0.3, -0.25) is 4.79 Å². The zero-order chi connectivity index (χ0) is 25.1. The molecule has 0 atom stereocenters. The van der Waals surface area contributed by atoms with Gasteiger partial charge in [0.1, 0.15) is 24.7 Å². The van der Waals surface area contributed by atoms with Crippen LogP contribution >= 0.6 is 22.9 Å². The Bertz CT molecular complexity index is 1650. The van der Waals surface area contributed by atoms with E-state index >= 15 is 0 Å². The van der Waals surface area contributed by atoms with E-state index in [0.29, 0.717) is 45.0 Å². The number of imidazole rings is 1. The maximum Gasteiger partial charge on any atom is 0.274 e. The first-order valence-corrected chi connectivity index (χ1v) is 12.5. The molecule has 184 valence electrons. The van der Waals surface area contributed by atoms with E-state index in [9.17, 15) is 4.79 Å². The van der Waals surface area contributed by atoms with Crippen molar-refractivity contribution < 1.29 is 18.9 Å². The van der Waals surface area contributed by atoms with Gasteiger partial charge in [0.05, 0.1) is 34.3 Å². The van der Waals surface area contributed by atoms with Gasteiger partial charge in [0.2, 0.25) is 0 Å². The number of methoxy groups -OCH3 is 1. The molecule has 0 radical (unpaired) electrons. The number of rotatable bonds is 9. The molecule has 5 aromatic rings. The van der Waals surface area contributed by atoms with E-state index < -0.39 is 0 Å². The number of halogens is 1. The lowest BCUT2D eigenvalue weighted by Gasteiger charge is -2.15. The van der Waals surface area contributed by atoms with Crippen molar-refractivity contribution in [1.82, 2.24) is 9.38 Å². The fourth-order valence-electron chi connectivity index (χ4n) is 3.83. The van der Waals surface area contributed by atoms with Crippen molar-refractivity contribution >= 4 is 45.0 Å². The van der Waals surface area contributed by atoms with Gasteiger partial charge in [0.25, 0.3) is 5.56 Å². The zero-order valence-electron chi connectivity index (χ0n) is 19.7. The molecule has 0 N–H and O–H groups in total. The summed E-state index contributed by atoms with van der Waals surface area (Å²) in [6, 6.07) is 18.5. The standard InChI is InChI=1S/C27H23ClN2O5S/c1-3-33-23-14-17(15-24-26(31)30-22-10-5-4-9-21(22)29-27(30)36-24)13-20(28)25(23)35-12-11-34-19-8-6-7-18(16-19)32-2/h4-10,13-16H,3,11-12H2,1-2H3/b24-15-. The van der Waals surface area contributed by atoms with Gasteiger partial charge >= 0.3 is 0 Å². The molecule has 5 rings (SSSR count). The van der Waals surface area contributed by atoms with Crippen LogP contribution in [0, 0.1) is 0 Å². The lowest BCUT2D eigenvalue weighted by Crippen LogP contribution is -2.22. The Morgan fingerprint density at radius 1 is 1.00 bits per heavy atom. The van der Waals surface area contributed by atoms with Gasteiger partial charge in [-0.2, -0.15) is 0 Å². The van der Waals surface area contributed by atoms with Crippen LogP contribution in [0.15, 0.2) is 65.5 Å². The summed E-state index contributed by atoms with van der Waals surface area (Å²) in [6.45, 7) is 2.89. The average Bonchev–Trinajstić information content (AvgIpc) is 3.39. The second kappa shape index (κ2) is 10.5. The minimum Gasteiger partial charge on any atom is -0.497 e. The number of nitrogens with zero attached hydrogens (tertiary/aromatic N) is 2. The van der Waals surface area contributed by atoms with Crippen molar-refractivity contribution in [3.63, 3.8) is 0 Å². The monoisotopic (exact) mass is 522 g/mol. The van der Waals surface area contributed by atoms with Crippen LogP contribution in [-0.4, -0.2) is 36.3 Å². The molecule has 0 aliphatic heterocycles.